The summed E-state index contributed by atoms with van der Waals surface area (Å²) in [6.45, 7) is 0.954. The van der Waals surface area contributed by atoms with Crippen LogP contribution in [0.1, 0.15) is 35.2 Å². The lowest BCUT2D eigenvalue weighted by Crippen LogP contribution is -2.30. The average molecular weight is 279 g/mol. The van der Waals surface area contributed by atoms with Gasteiger partial charge in [0.15, 0.2) is 0 Å². The topological polar surface area (TPSA) is 118 Å². The Morgan fingerprint density at radius 3 is 2.40 bits per heavy atom. The first-order valence-electron chi connectivity index (χ1n) is 6.60. The van der Waals surface area contributed by atoms with Crippen LogP contribution in [0, 0.1) is 0 Å². The van der Waals surface area contributed by atoms with Gasteiger partial charge in [-0.25, -0.2) is 0 Å². The van der Waals surface area contributed by atoms with Gasteiger partial charge in [0.1, 0.15) is 6.04 Å². The smallest absolute Gasteiger partial charge is 0.320 e. The summed E-state index contributed by atoms with van der Waals surface area (Å²) >= 11 is 0. The van der Waals surface area contributed by atoms with E-state index in [0.29, 0.717) is 37.9 Å². The Bertz CT molecular complexity index is 445. The molecule has 110 valence electrons. The molecule has 1 atom stereocenters. The number of aliphatic carboxylic acids is 1. The third-order valence-corrected chi connectivity index (χ3v) is 3.00. The van der Waals surface area contributed by atoms with Gasteiger partial charge in [-0.05, 0) is 37.0 Å². The molecule has 0 saturated heterocycles. The molecule has 6 heteroatoms. The Kier molecular flexibility index (Phi) is 6.69. The van der Waals surface area contributed by atoms with E-state index in [9.17, 15) is 9.59 Å². The first kappa shape index (κ1) is 16.1. The summed E-state index contributed by atoms with van der Waals surface area (Å²) in [5.41, 5.74) is 12.4. The van der Waals surface area contributed by atoms with Gasteiger partial charge in [0, 0.05) is 18.7 Å². The fourth-order valence-electron chi connectivity index (χ4n) is 1.71. The van der Waals surface area contributed by atoms with Crippen LogP contribution in [0.2, 0.25) is 0 Å². The molecule has 0 fully saturated rings. The van der Waals surface area contributed by atoms with Crippen molar-refractivity contribution in [1.29, 1.82) is 0 Å². The third-order valence-electron chi connectivity index (χ3n) is 3.00. The quantitative estimate of drug-likeness (QED) is 0.515. The second-order valence-electron chi connectivity index (χ2n) is 4.60. The number of carboxylic acid groups (broad SMARTS) is 1. The molecule has 0 bridgehead atoms. The summed E-state index contributed by atoms with van der Waals surface area (Å²) < 4.78 is 0. The van der Waals surface area contributed by atoms with Gasteiger partial charge in [0.2, 0.25) is 0 Å². The molecule has 0 aliphatic rings. The van der Waals surface area contributed by atoms with Crippen LogP contribution in [-0.2, 0) is 11.3 Å². The lowest BCUT2D eigenvalue weighted by Gasteiger charge is -2.07. The van der Waals surface area contributed by atoms with Crippen LogP contribution >= 0.6 is 0 Å². The number of nitrogens with one attached hydrogen (secondary N) is 1. The number of unbranched alkanes of at least 4 members (excludes halogenated alkanes) is 1. The molecule has 20 heavy (non-hydrogen) atoms. The lowest BCUT2D eigenvalue weighted by molar-refractivity contribution is -0.138. The van der Waals surface area contributed by atoms with E-state index < -0.39 is 12.0 Å². The summed E-state index contributed by atoms with van der Waals surface area (Å²) in [5.74, 6) is -1.13. The van der Waals surface area contributed by atoms with Gasteiger partial charge in [0.25, 0.3) is 5.91 Å². The van der Waals surface area contributed by atoms with Gasteiger partial charge in [-0.3, -0.25) is 9.59 Å². The van der Waals surface area contributed by atoms with E-state index in [1.54, 1.807) is 12.1 Å². The van der Waals surface area contributed by atoms with E-state index in [-0.39, 0.29) is 5.91 Å². The monoisotopic (exact) mass is 279 g/mol. The second-order valence-corrected chi connectivity index (χ2v) is 4.60. The number of rotatable bonds is 8. The van der Waals surface area contributed by atoms with Crippen molar-refractivity contribution in [3.05, 3.63) is 35.4 Å². The zero-order valence-corrected chi connectivity index (χ0v) is 11.3. The fraction of sp³-hybridized carbons (Fsp3) is 0.429. The Labute approximate surface area is 118 Å². The Balaban J connectivity index is 2.24. The van der Waals surface area contributed by atoms with Crippen molar-refractivity contribution < 1.29 is 14.7 Å². The lowest BCUT2D eigenvalue weighted by atomic mass is 10.1. The van der Waals surface area contributed by atoms with Gasteiger partial charge < -0.3 is 21.9 Å². The number of hydrogen-bond acceptors (Lipinski definition) is 4. The van der Waals surface area contributed by atoms with E-state index in [1.807, 2.05) is 12.1 Å². The number of amides is 1. The van der Waals surface area contributed by atoms with Gasteiger partial charge >= 0.3 is 5.97 Å². The molecule has 0 radical (unpaired) electrons. The molecule has 0 aromatic heterocycles. The maximum atomic E-state index is 11.8. The maximum absolute atomic E-state index is 11.8. The summed E-state index contributed by atoms with van der Waals surface area (Å²) in [5, 5.41) is 11.4. The molecule has 6 N–H and O–H groups in total. The van der Waals surface area contributed by atoms with Gasteiger partial charge in [-0.2, -0.15) is 0 Å². The standard InChI is InChI=1S/C14H21N3O3/c15-9-10-4-6-11(7-5-10)13(18)17-8-2-1-3-12(16)14(19)20/h4-7,12H,1-3,8-9,15-16H2,(H,17,18)(H,19,20)/t12-/m0/s1. The number of benzene rings is 1. The van der Waals surface area contributed by atoms with Gasteiger partial charge in [-0.15, -0.1) is 0 Å². The van der Waals surface area contributed by atoms with Crippen LogP contribution < -0.4 is 16.8 Å². The maximum Gasteiger partial charge on any atom is 0.320 e. The van der Waals surface area contributed by atoms with Crippen LogP contribution in [0.25, 0.3) is 0 Å². The molecule has 1 amide bonds. The number of carbonyl (C=O) groups is 2. The molecule has 6 nitrogen and oxygen atoms in total. The highest BCUT2D eigenvalue weighted by atomic mass is 16.4. The predicted octanol–water partition coefficient (Wildman–Crippen LogP) is 0.457. The number of nitrogens with two attached hydrogens (primary N) is 2. The number of hydrogen-bond donors (Lipinski definition) is 4. The van der Waals surface area contributed by atoms with E-state index in [1.165, 1.54) is 0 Å². The van der Waals surface area contributed by atoms with E-state index in [4.69, 9.17) is 16.6 Å². The molecule has 1 rings (SSSR count). The van der Waals surface area contributed by atoms with Crippen LogP contribution in [0.15, 0.2) is 24.3 Å². The highest BCUT2D eigenvalue weighted by Gasteiger charge is 2.10. The molecular weight excluding hydrogens is 258 g/mol. The van der Waals surface area contributed by atoms with Crippen molar-refractivity contribution in [2.24, 2.45) is 11.5 Å². The fourth-order valence-corrected chi connectivity index (χ4v) is 1.71. The minimum atomic E-state index is -0.992. The van der Waals surface area contributed by atoms with Crippen molar-refractivity contribution in [1.82, 2.24) is 5.32 Å². The highest BCUT2D eigenvalue weighted by Crippen LogP contribution is 2.04. The second kappa shape index (κ2) is 8.29. The first-order chi connectivity index (χ1) is 9.54. The molecule has 0 aliphatic heterocycles. The van der Waals surface area contributed by atoms with Crippen LogP contribution in [0.4, 0.5) is 0 Å². The van der Waals surface area contributed by atoms with Crippen molar-refractivity contribution in [2.75, 3.05) is 6.54 Å². The normalized spacial score (nSPS) is 11.9. The third kappa shape index (κ3) is 5.38. The Morgan fingerprint density at radius 1 is 1.20 bits per heavy atom. The van der Waals surface area contributed by atoms with Gasteiger partial charge in [0.05, 0.1) is 0 Å². The number of carboxylic acids is 1. The Morgan fingerprint density at radius 2 is 1.85 bits per heavy atom. The summed E-state index contributed by atoms with van der Waals surface area (Å²) in [6.07, 6.45) is 1.78. The van der Waals surface area contributed by atoms with E-state index in [0.717, 1.165) is 5.56 Å². The first-order valence-corrected chi connectivity index (χ1v) is 6.60. The Hall–Kier alpha value is -1.92. The molecule has 1 aromatic rings. The average Bonchev–Trinajstić information content (AvgIpc) is 2.46. The van der Waals surface area contributed by atoms with E-state index >= 15 is 0 Å². The minimum Gasteiger partial charge on any atom is -0.480 e. The van der Waals surface area contributed by atoms with Crippen molar-refractivity contribution in [3.63, 3.8) is 0 Å². The minimum absolute atomic E-state index is 0.142. The molecule has 1 aromatic carbocycles. The van der Waals surface area contributed by atoms with Crippen LogP contribution in [-0.4, -0.2) is 29.6 Å². The van der Waals surface area contributed by atoms with Gasteiger partial charge in [-0.1, -0.05) is 12.1 Å². The molecule has 0 spiro atoms. The molecular formula is C14H21N3O3. The molecule has 0 saturated carbocycles. The zero-order valence-electron chi connectivity index (χ0n) is 11.3. The van der Waals surface area contributed by atoms with Crippen molar-refractivity contribution in [2.45, 2.75) is 31.8 Å². The predicted molar refractivity (Wildman–Crippen MR) is 76.1 cm³/mol. The van der Waals surface area contributed by atoms with Crippen LogP contribution in [0.5, 0.6) is 0 Å². The summed E-state index contributed by atoms with van der Waals surface area (Å²) in [7, 11) is 0. The summed E-state index contributed by atoms with van der Waals surface area (Å²) in [6, 6.07) is 6.28. The van der Waals surface area contributed by atoms with Crippen LogP contribution in [0.3, 0.4) is 0 Å². The SMILES string of the molecule is NCc1ccc(C(=O)NCCCC[C@H](N)C(=O)O)cc1. The molecule has 0 unspecified atom stereocenters. The zero-order chi connectivity index (χ0) is 15.0. The van der Waals surface area contributed by atoms with Crippen molar-refractivity contribution in [3.8, 4) is 0 Å². The molecule has 0 aliphatic carbocycles. The largest absolute Gasteiger partial charge is 0.480 e. The molecule has 0 heterocycles. The van der Waals surface area contributed by atoms with E-state index in [2.05, 4.69) is 5.32 Å². The van der Waals surface area contributed by atoms with Crippen molar-refractivity contribution >= 4 is 11.9 Å². The number of carbonyl (C=O) groups excluding carboxylic acids is 1. The highest BCUT2D eigenvalue weighted by molar-refractivity contribution is 5.94. The summed E-state index contributed by atoms with van der Waals surface area (Å²) in [4.78, 5) is 22.3.